The van der Waals surface area contributed by atoms with Crippen molar-refractivity contribution >= 4 is 16.9 Å². The van der Waals surface area contributed by atoms with Crippen LogP contribution < -0.4 is 0 Å². The number of nitrogens with zero attached hydrogens (tertiary/aromatic N) is 2. The van der Waals surface area contributed by atoms with E-state index in [4.69, 9.17) is 0 Å². The SMILES string of the molecule is CCCn1cc(CCN2CCCC2)c2cc(C(=O)O)cc(C)c21. The number of rotatable bonds is 6. The molecule has 2 aromatic rings. The molecule has 1 saturated heterocycles. The van der Waals surface area contributed by atoms with Gasteiger partial charge in [0.05, 0.1) is 11.1 Å². The summed E-state index contributed by atoms with van der Waals surface area (Å²) in [6, 6.07) is 3.65. The molecule has 0 spiro atoms. The molecule has 0 amide bonds. The van der Waals surface area contributed by atoms with Crippen molar-refractivity contribution < 1.29 is 9.90 Å². The first kappa shape index (κ1) is 16.1. The Kier molecular flexibility index (Phi) is 4.71. The predicted octanol–water partition coefficient (Wildman–Crippen LogP) is 3.70. The third-order valence-corrected chi connectivity index (χ3v) is 4.85. The second kappa shape index (κ2) is 6.75. The maximum atomic E-state index is 11.4. The van der Waals surface area contributed by atoms with E-state index < -0.39 is 5.97 Å². The van der Waals surface area contributed by atoms with Gasteiger partial charge in [0.1, 0.15) is 0 Å². The molecule has 1 aliphatic rings. The molecule has 1 fully saturated rings. The van der Waals surface area contributed by atoms with Crippen molar-refractivity contribution in [2.75, 3.05) is 19.6 Å². The molecule has 2 heterocycles. The molecule has 23 heavy (non-hydrogen) atoms. The van der Waals surface area contributed by atoms with E-state index in [2.05, 4.69) is 22.6 Å². The van der Waals surface area contributed by atoms with E-state index in [1.165, 1.54) is 37.0 Å². The molecule has 0 unspecified atom stereocenters. The number of benzene rings is 1. The topological polar surface area (TPSA) is 45.5 Å². The van der Waals surface area contributed by atoms with Crippen molar-refractivity contribution in [1.82, 2.24) is 9.47 Å². The Morgan fingerprint density at radius 1 is 1.22 bits per heavy atom. The van der Waals surface area contributed by atoms with Crippen molar-refractivity contribution in [1.29, 1.82) is 0 Å². The van der Waals surface area contributed by atoms with Gasteiger partial charge >= 0.3 is 5.97 Å². The van der Waals surface area contributed by atoms with Crippen LogP contribution in [0.2, 0.25) is 0 Å². The fourth-order valence-electron chi connectivity index (χ4n) is 3.75. The third kappa shape index (κ3) is 3.27. The first-order valence-electron chi connectivity index (χ1n) is 8.68. The van der Waals surface area contributed by atoms with Gasteiger partial charge in [-0.3, -0.25) is 0 Å². The summed E-state index contributed by atoms with van der Waals surface area (Å²) < 4.78 is 2.30. The van der Waals surface area contributed by atoms with Gasteiger partial charge in [-0.15, -0.1) is 0 Å². The van der Waals surface area contributed by atoms with E-state index in [0.717, 1.165) is 36.9 Å². The average molecular weight is 314 g/mol. The molecule has 1 aliphatic heterocycles. The van der Waals surface area contributed by atoms with Gasteiger partial charge in [-0.05, 0) is 69.0 Å². The smallest absolute Gasteiger partial charge is 0.335 e. The molecule has 4 heteroatoms. The van der Waals surface area contributed by atoms with Gasteiger partial charge in [0, 0.05) is 24.7 Å². The van der Waals surface area contributed by atoms with Crippen molar-refractivity contribution in [3.63, 3.8) is 0 Å². The average Bonchev–Trinajstić information content (AvgIpc) is 3.13. The summed E-state index contributed by atoms with van der Waals surface area (Å²) in [6.45, 7) is 8.65. The zero-order chi connectivity index (χ0) is 16.4. The number of aryl methyl sites for hydroxylation is 2. The molecule has 1 aromatic carbocycles. The van der Waals surface area contributed by atoms with Crippen molar-refractivity contribution in [3.8, 4) is 0 Å². The first-order chi connectivity index (χ1) is 11.1. The molecule has 0 atom stereocenters. The van der Waals surface area contributed by atoms with E-state index in [1.807, 2.05) is 13.0 Å². The van der Waals surface area contributed by atoms with Crippen molar-refractivity contribution in [2.24, 2.45) is 0 Å². The summed E-state index contributed by atoms with van der Waals surface area (Å²) in [7, 11) is 0. The van der Waals surface area contributed by atoms with Crippen molar-refractivity contribution in [3.05, 3.63) is 35.0 Å². The van der Waals surface area contributed by atoms with Crippen LogP contribution in [0.4, 0.5) is 0 Å². The Labute approximate surface area is 137 Å². The van der Waals surface area contributed by atoms with E-state index in [-0.39, 0.29) is 0 Å². The summed E-state index contributed by atoms with van der Waals surface area (Å²) in [4.78, 5) is 13.9. The predicted molar refractivity (Wildman–Crippen MR) is 93.3 cm³/mol. The Hall–Kier alpha value is -1.81. The lowest BCUT2D eigenvalue weighted by Crippen LogP contribution is -2.21. The summed E-state index contributed by atoms with van der Waals surface area (Å²) >= 11 is 0. The maximum Gasteiger partial charge on any atom is 0.335 e. The van der Waals surface area contributed by atoms with Crippen LogP contribution in [-0.2, 0) is 13.0 Å². The van der Waals surface area contributed by atoms with Crippen LogP contribution in [0.1, 0.15) is 47.7 Å². The first-order valence-corrected chi connectivity index (χ1v) is 8.68. The quantitative estimate of drug-likeness (QED) is 0.884. The van der Waals surface area contributed by atoms with Crippen LogP contribution in [0.15, 0.2) is 18.3 Å². The van der Waals surface area contributed by atoms with Crippen LogP contribution in [0, 0.1) is 6.92 Å². The normalized spacial score (nSPS) is 15.6. The van der Waals surface area contributed by atoms with Crippen LogP contribution in [0.5, 0.6) is 0 Å². The van der Waals surface area contributed by atoms with Crippen LogP contribution in [0.3, 0.4) is 0 Å². The van der Waals surface area contributed by atoms with Gasteiger partial charge in [-0.2, -0.15) is 0 Å². The standard InChI is InChI=1S/C19H26N2O2/c1-3-7-21-13-15(6-10-20-8-4-5-9-20)17-12-16(19(22)23)11-14(2)18(17)21/h11-13H,3-10H2,1-2H3,(H,22,23). The molecular weight excluding hydrogens is 288 g/mol. The van der Waals surface area contributed by atoms with E-state index >= 15 is 0 Å². The van der Waals surface area contributed by atoms with E-state index in [1.54, 1.807) is 6.07 Å². The summed E-state index contributed by atoms with van der Waals surface area (Å²) in [5.41, 5.74) is 3.94. The minimum absolute atomic E-state index is 0.395. The van der Waals surface area contributed by atoms with Crippen LogP contribution >= 0.6 is 0 Å². The molecule has 4 nitrogen and oxygen atoms in total. The Bertz CT molecular complexity index is 712. The number of carboxylic acids is 1. The van der Waals surface area contributed by atoms with E-state index in [0.29, 0.717) is 5.56 Å². The number of hydrogen-bond donors (Lipinski definition) is 1. The highest BCUT2D eigenvalue weighted by Crippen LogP contribution is 2.27. The Balaban J connectivity index is 1.98. The molecule has 3 rings (SSSR count). The minimum atomic E-state index is -0.844. The lowest BCUT2D eigenvalue weighted by Gasteiger charge is -2.13. The van der Waals surface area contributed by atoms with Gasteiger partial charge in [0.15, 0.2) is 0 Å². The number of carbonyl (C=O) groups is 1. The summed E-state index contributed by atoms with van der Waals surface area (Å²) in [6.07, 6.45) is 6.92. The zero-order valence-electron chi connectivity index (χ0n) is 14.1. The number of hydrogen-bond acceptors (Lipinski definition) is 2. The molecular formula is C19H26N2O2. The Morgan fingerprint density at radius 2 is 1.96 bits per heavy atom. The minimum Gasteiger partial charge on any atom is -0.478 e. The highest BCUT2D eigenvalue weighted by molar-refractivity contribution is 5.96. The zero-order valence-corrected chi connectivity index (χ0v) is 14.1. The largest absolute Gasteiger partial charge is 0.478 e. The number of likely N-dealkylation sites (tertiary alicyclic amines) is 1. The monoisotopic (exact) mass is 314 g/mol. The Morgan fingerprint density at radius 3 is 2.61 bits per heavy atom. The lowest BCUT2D eigenvalue weighted by molar-refractivity contribution is 0.0697. The maximum absolute atomic E-state index is 11.4. The molecule has 1 N–H and O–H groups in total. The van der Waals surface area contributed by atoms with Gasteiger partial charge < -0.3 is 14.6 Å². The number of aromatic carboxylic acids is 1. The number of fused-ring (bicyclic) bond motifs is 1. The molecule has 0 bridgehead atoms. The number of aromatic nitrogens is 1. The van der Waals surface area contributed by atoms with Gasteiger partial charge in [0.2, 0.25) is 0 Å². The molecule has 0 radical (unpaired) electrons. The van der Waals surface area contributed by atoms with Crippen LogP contribution in [-0.4, -0.2) is 40.2 Å². The second-order valence-corrected chi connectivity index (χ2v) is 6.64. The van der Waals surface area contributed by atoms with Gasteiger partial charge in [-0.1, -0.05) is 6.92 Å². The highest BCUT2D eigenvalue weighted by Gasteiger charge is 2.16. The lowest BCUT2D eigenvalue weighted by atomic mass is 10.0. The molecule has 1 aromatic heterocycles. The second-order valence-electron chi connectivity index (χ2n) is 6.64. The summed E-state index contributed by atoms with van der Waals surface area (Å²) in [5, 5.41) is 10.5. The van der Waals surface area contributed by atoms with Gasteiger partial charge in [-0.25, -0.2) is 4.79 Å². The number of carboxylic acid groups (broad SMARTS) is 1. The highest BCUT2D eigenvalue weighted by atomic mass is 16.4. The van der Waals surface area contributed by atoms with Gasteiger partial charge in [0.25, 0.3) is 0 Å². The third-order valence-electron chi connectivity index (χ3n) is 4.85. The molecule has 0 aliphatic carbocycles. The summed E-state index contributed by atoms with van der Waals surface area (Å²) in [5.74, 6) is -0.844. The van der Waals surface area contributed by atoms with Crippen molar-refractivity contribution in [2.45, 2.75) is 46.1 Å². The fraction of sp³-hybridized carbons (Fsp3) is 0.526. The fourth-order valence-corrected chi connectivity index (χ4v) is 3.75. The van der Waals surface area contributed by atoms with E-state index in [9.17, 15) is 9.90 Å². The van der Waals surface area contributed by atoms with Crippen LogP contribution in [0.25, 0.3) is 10.9 Å². The molecule has 0 saturated carbocycles. The molecule has 124 valence electrons.